The van der Waals surface area contributed by atoms with Gasteiger partial charge in [0.15, 0.2) is 11.5 Å². The fourth-order valence-corrected chi connectivity index (χ4v) is 4.05. The van der Waals surface area contributed by atoms with E-state index in [2.05, 4.69) is 10.2 Å². The van der Waals surface area contributed by atoms with Crippen LogP contribution in [0.1, 0.15) is 42.5 Å². The molecule has 7 heteroatoms. The van der Waals surface area contributed by atoms with Crippen LogP contribution in [-0.2, 0) is 4.79 Å². The zero-order valence-corrected chi connectivity index (χ0v) is 15.4. The van der Waals surface area contributed by atoms with Gasteiger partial charge in [0.1, 0.15) is 13.2 Å². The van der Waals surface area contributed by atoms with Crippen LogP contribution in [0.3, 0.4) is 0 Å². The van der Waals surface area contributed by atoms with Gasteiger partial charge in [-0.05, 0) is 49.8 Å². The molecule has 27 heavy (non-hydrogen) atoms. The fraction of sp³-hybridized carbons (Fsp3) is 0.600. The van der Waals surface area contributed by atoms with E-state index >= 15 is 0 Å². The standard InChI is InChI=1S/C20H26N2O5/c23-19(24)10-15-4-5-16(22(15)12-13-1-2-13)11-21-20(25)14-3-6-17-18(9-14)27-8-7-26-17/h3,6,9,13,15-16H,1-2,4-5,7-8,10-12H2,(H,21,25)(H,23,24)/t15-,16+/m1/s1. The molecule has 4 rings (SSSR count). The van der Waals surface area contributed by atoms with Crippen molar-refractivity contribution in [2.45, 2.75) is 44.2 Å². The van der Waals surface area contributed by atoms with Gasteiger partial charge < -0.3 is 19.9 Å². The molecule has 1 aromatic carbocycles. The third-order valence-corrected chi connectivity index (χ3v) is 5.65. The van der Waals surface area contributed by atoms with E-state index in [1.54, 1.807) is 18.2 Å². The summed E-state index contributed by atoms with van der Waals surface area (Å²) in [5.41, 5.74) is 0.549. The van der Waals surface area contributed by atoms with Gasteiger partial charge in [-0.2, -0.15) is 0 Å². The van der Waals surface area contributed by atoms with Gasteiger partial charge in [0.05, 0.1) is 6.42 Å². The maximum Gasteiger partial charge on any atom is 0.304 e. The average Bonchev–Trinajstić information content (AvgIpc) is 3.41. The number of hydrogen-bond acceptors (Lipinski definition) is 5. The summed E-state index contributed by atoms with van der Waals surface area (Å²) in [6, 6.07) is 5.51. The van der Waals surface area contributed by atoms with Crippen molar-refractivity contribution in [2.75, 3.05) is 26.3 Å². The number of carbonyl (C=O) groups excluding carboxylic acids is 1. The van der Waals surface area contributed by atoms with Crippen LogP contribution in [0.5, 0.6) is 11.5 Å². The van der Waals surface area contributed by atoms with Gasteiger partial charge in [0, 0.05) is 30.7 Å². The number of likely N-dealkylation sites (tertiary alicyclic amines) is 1. The zero-order chi connectivity index (χ0) is 18.8. The van der Waals surface area contributed by atoms with Gasteiger partial charge in [0.25, 0.3) is 5.91 Å². The number of carboxylic acids is 1. The summed E-state index contributed by atoms with van der Waals surface area (Å²) in [6.07, 6.45) is 4.44. The number of aliphatic carboxylic acids is 1. The van der Waals surface area contributed by atoms with Crippen LogP contribution in [0.25, 0.3) is 0 Å². The molecule has 7 nitrogen and oxygen atoms in total. The van der Waals surface area contributed by atoms with Crippen molar-refractivity contribution in [3.05, 3.63) is 23.8 Å². The molecule has 0 bridgehead atoms. The summed E-state index contributed by atoms with van der Waals surface area (Å²) in [5.74, 6) is 1.07. The smallest absolute Gasteiger partial charge is 0.304 e. The Kier molecular flexibility index (Phi) is 5.20. The maximum absolute atomic E-state index is 12.6. The average molecular weight is 374 g/mol. The molecule has 0 radical (unpaired) electrons. The lowest BCUT2D eigenvalue weighted by Crippen LogP contribution is -2.44. The lowest BCUT2D eigenvalue weighted by molar-refractivity contribution is -0.138. The minimum absolute atomic E-state index is 0.0827. The Morgan fingerprint density at radius 3 is 2.56 bits per heavy atom. The summed E-state index contributed by atoms with van der Waals surface area (Å²) in [7, 11) is 0. The van der Waals surface area contributed by atoms with E-state index in [0.717, 1.165) is 19.4 Å². The molecule has 146 valence electrons. The SMILES string of the molecule is O=C(O)C[C@H]1CC[C@@H](CNC(=O)c2ccc3c(c2)OCCO3)N1CC1CC1. The molecule has 1 saturated heterocycles. The summed E-state index contributed by atoms with van der Waals surface area (Å²) < 4.78 is 11.0. The number of nitrogens with zero attached hydrogens (tertiary/aromatic N) is 1. The lowest BCUT2D eigenvalue weighted by atomic mass is 10.1. The number of rotatable bonds is 7. The second-order valence-electron chi connectivity index (χ2n) is 7.69. The van der Waals surface area contributed by atoms with Crippen molar-refractivity contribution < 1.29 is 24.2 Å². The van der Waals surface area contributed by atoms with E-state index in [0.29, 0.717) is 42.7 Å². The van der Waals surface area contributed by atoms with Gasteiger partial charge in [-0.1, -0.05) is 0 Å². The van der Waals surface area contributed by atoms with E-state index in [1.807, 2.05) is 0 Å². The highest BCUT2D eigenvalue weighted by Gasteiger charge is 2.38. The monoisotopic (exact) mass is 374 g/mol. The highest BCUT2D eigenvalue weighted by Crippen LogP contribution is 2.35. The molecule has 0 unspecified atom stereocenters. The van der Waals surface area contributed by atoms with Crippen molar-refractivity contribution in [3.8, 4) is 11.5 Å². The number of fused-ring (bicyclic) bond motifs is 1. The van der Waals surface area contributed by atoms with Gasteiger partial charge in [0.2, 0.25) is 0 Å². The van der Waals surface area contributed by atoms with Crippen LogP contribution in [0.2, 0.25) is 0 Å². The van der Waals surface area contributed by atoms with Crippen molar-refractivity contribution in [3.63, 3.8) is 0 Å². The molecule has 1 saturated carbocycles. The van der Waals surface area contributed by atoms with Crippen molar-refractivity contribution >= 4 is 11.9 Å². The van der Waals surface area contributed by atoms with Crippen LogP contribution in [0.15, 0.2) is 18.2 Å². The third-order valence-electron chi connectivity index (χ3n) is 5.65. The van der Waals surface area contributed by atoms with Gasteiger partial charge >= 0.3 is 5.97 Å². The Morgan fingerprint density at radius 2 is 1.81 bits per heavy atom. The largest absolute Gasteiger partial charge is 0.486 e. The lowest BCUT2D eigenvalue weighted by Gasteiger charge is -2.29. The molecular formula is C20H26N2O5. The molecule has 1 amide bonds. The van der Waals surface area contributed by atoms with Crippen LogP contribution in [-0.4, -0.2) is 60.3 Å². The fourth-order valence-electron chi connectivity index (χ4n) is 4.05. The second-order valence-corrected chi connectivity index (χ2v) is 7.69. The first kappa shape index (κ1) is 18.1. The first-order valence-electron chi connectivity index (χ1n) is 9.75. The van der Waals surface area contributed by atoms with Crippen LogP contribution in [0, 0.1) is 5.92 Å². The Morgan fingerprint density at radius 1 is 1.07 bits per heavy atom. The number of ether oxygens (including phenoxy) is 2. The molecule has 2 heterocycles. The van der Waals surface area contributed by atoms with Crippen molar-refractivity contribution in [1.29, 1.82) is 0 Å². The topological polar surface area (TPSA) is 88.1 Å². The van der Waals surface area contributed by atoms with Crippen molar-refractivity contribution in [1.82, 2.24) is 10.2 Å². The van der Waals surface area contributed by atoms with E-state index < -0.39 is 5.97 Å². The Bertz CT molecular complexity index is 718. The molecule has 2 aliphatic heterocycles. The molecule has 2 atom stereocenters. The zero-order valence-electron chi connectivity index (χ0n) is 15.4. The minimum atomic E-state index is -0.748. The molecule has 2 fully saturated rings. The Hall–Kier alpha value is -2.28. The van der Waals surface area contributed by atoms with E-state index in [1.165, 1.54) is 12.8 Å². The molecule has 2 N–H and O–H groups in total. The third kappa shape index (κ3) is 4.35. The Labute approximate surface area is 158 Å². The number of benzene rings is 1. The quantitative estimate of drug-likeness (QED) is 0.758. The second kappa shape index (κ2) is 7.76. The first-order valence-corrected chi connectivity index (χ1v) is 9.75. The molecule has 1 aromatic rings. The molecule has 1 aliphatic carbocycles. The van der Waals surface area contributed by atoms with E-state index in [-0.39, 0.29) is 24.4 Å². The van der Waals surface area contributed by atoms with Gasteiger partial charge in [-0.25, -0.2) is 0 Å². The van der Waals surface area contributed by atoms with Crippen LogP contribution in [0.4, 0.5) is 0 Å². The Balaban J connectivity index is 1.36. The van der Waals surface area contributed by atoms with E-state index in [4.69, 9.17) is 9.47 Å². The van der Waals surface area contributed by atoms with Crippen LogP contribution >= 0.6 is 0 Å². The summed E-state index contributed by atoms with van der Waals surface area (Å²) >= 11 is 0. The maximum atomic E-state index is 12.6. The van der Waals surface area contributed by atoms with E-state index in [9.17, 15) is 14.7 Å². The number of hydrogen-bond donors (Lipinski definition) is 2. The highest BCUT2D eigenvalue weighted by atomic mass is 16.6. The highest BCUT2D eigenvalue weighted by molar-refractivity contribution is 5.94. The summed E-state index contributed by atoms with van der Waals surface area (Å²) in [6.45, 7) is 2.49. The molecule has 0 spiro atoms. The normalized spacial score (nSPS) is 24.6. The van der Waals surface area contributed by atoms with Crippen molar-refractivity contribution in [2.24, 2.45) is 5.92 Å². The minimum Gasteiger partial charge on any atom is -0.486 e. The molecule has 0 aromatic heterocycles. The molecule has 3 aliphatic rings. The first-order chi connectivity index (χ1) is 13.1. The van der Waals surface area contributed by atoms with Gasteiger partial charge in [-0.15, -0.1) is 0 Å². The van der Waals surface area contributed by atoms with Crippen LogP contribution < -0.4 is 14.8 Å². The van der Waals surface area contributed by atoms with Gasteiger partial charge in [-0.3, -0.25) is 14.5 Å². The predicted octanol–water partition coefficient (Wildman–Crippen LogP) is 1.91. The number of carboxylic acid groups (broad SMARTS) is 1. The predicted molar refractivity (Wildman–Crippen MR) is 98.3 cm³/mol. The molecular weight excluding hydrogens is 348 g/mol. The number of carbonyl (C=O) groups is 2. The number of nitrogens with one attached hydrogen (secondary N) is 1. The summed E-state index contributed by atoms with van der Waals surface area (Å²) in [5, 5.41) is 12.2. The summed E-state index contributed by atoms with van der Waals surface area (Å²) in [4.78, 5) is 26.0. The number of amides is 1.